The van der Waals surface area contributed by atoms with Crippen LogP contribution in [0.4, 0.5) is 5.82 Å². The fourth-order valence-electron chi connectivity index (χ4n) is 2.86. The normalized spacial score (nSPS) is 14.0. The van der Waals surface area contributed by atoms with Crippen LogP contribution in [-0.4, -0.2) is 55.1 Å². The molecule has 1 N–H and O–H groups in total. The lowest BCUT2D eigenvalue weighted by Gasteiger charge is -2.39. The van der Waals surface area contributed by atoms with Gasteiger partial charge in [0.15, 0.2) is 5.82 Å². The number of hydrogen-bond acceptors (Lipinski definition) is 7. The van der Waals surface area contributed by atoms with Crippen LogP contribution in [0.5, 0.6) is 0 Å². The first-order chi connectivity index (χ1) is 13.2. The van der Waals surface area contributed by atoms with Crippen molar-refractivity contribution >= 4 is 11.7 Å². The van der Waals surface area contributed by atoms with E-state index in [0.29, 0.717) is 32.0 Å². The van der Waals surface area contributed by atoms with Gasteiger partial charge in [-0.2, -0.15) is 10.2 Å². The summed E-state index contributed by atoms with van der Waals surface area (Å²) in [4.78, 5) is 34.3. The molecule has 10 heteroatoms. The molecular formula is C17H18N8O2. The molecule has 1 aliphatic rings. The highest BCUT2D eigenvalue weighted by Crippen LogP contribution is 2.23. The highest BCUT2D eigenvalue weighted by atomic mass is 16.2. The van der Waals surface area contributed by atoms with Gasteiger partial charge in [0.25, 0.3) is 5.56 Å². The second-order valence-corrected chi connectivity index (χ2v) is 6.16. The van der Waals surface area contributed by atoms with Gasteiger partial charge in [0.1, 0.15) is 12.1 Å². The van der Waals surface area contributed by atoms with E-state index in [-0.39, 0.29) is 17.4 Å². The smallest absolute Gasteiger partial charge is 0.266 e. The average molecular weight is 366 g/mol. The largest absolute Gasteiger partial charge is 0.355 e. The summed E-state index contributed by atoms with van der Waals surface area (Å²) in [5.41, 5.74) is -0.182. The van der Waals surface area contributed by atoms with E-state index < -0.39 is 0 Å². The molecule has 1 saturated heterocycles. The minimum Gasteiger partial charge on any atom is -0.355 e. The number of carbonyl (C=O) groups excluding carboxylic acids is 1. The predicted molar refractivity (Wildman–Crippen MR) is 96.4 cm³/mol. The van der Waals surface area contributed by atoms with E-state index in [2.05, 4.69) is 25.5 Å². The van der Waals surface area contributed by atoms with Gasteiger partial charge in [-0.25, -0.2) is 19.3 Å². The van der Waals surface area contributed by atoms with Crippen LogP contribution in [-0.2, 0) is 11.3 Å². The molecule has 3 aromatic rings. The Hall–Kier alpha value is -3.56. The number of rotatable bonds is 6. The van der Waals surface area contributed by atoms with Gasteiger partial charge in [-0.1, -0.05) is 0 Å². The summed E-state index contributed by atoms with van der Waals surface area (Å²) < 4.78 is 2.99. The van der Waals surface area contributed by atoms with Gasteiger partial charge in [-0.15, -0.1) is 0 Å². The van der Waals surface area contributed by atoms with Crippen molar-refractivity contribution in [2.45, 2.75) is 6.54 Å². The molecule has 0 atom stereocenters. The molecule has 0 bridgehead atoms. The first-order valence-corrected chi connectivity index (χ1v) is 8.57. The van der Waals surface area contributed by atoms with Crippen molar-refractivity contribution in [1.82, 2.24) is 34.8 Å². The lowest BCUT2D eigenvalue weighted by molar-refractivity contribution is -0.125. The monoisotopic (exact) mass is 366 g/mol. The quantitative estimate of drug-likeness (QED) is 0.624. The number of nitrogens with one attached hydrogen (secondary N) is 1. The van der Waals surface area contributed by atoms with Gasteiger partial charge >= 0.3 is 0 Å². The molecule has 0 spiro atoms. The van der Waals surface area contributed by atoms with E-state index in [1.54, 1.807) is 23.1 Å². The van der Waals surface area contributed by atoms with Crippen LogP contribution in [0.1, 0.15) is 0 Å². The Morgan fingerprint density at radius 1 is 1.15 bits per heavy atom. The van der Waals surface area contributed by atoms with E-state index >= 15 is 0 Å². The van der Waals surface area contributed by atoms with E-state index in [4.69, 9.17) is 0 Å². The van der Waals surface area contributed by atoms with Crippen molar-refractivity contribution in [3.05, 3.63) is 59.5 Å². The van der Waals surface area contributed by atoms with Gasteiger partial charge in [-0.3, -0.25) is 9.59 Å². The summed E-state index contributed by atoms with van der Waals surface area (Å²) in [5.74, 6) is 1.31. The topological polar surface area (TPSA) is 111 Å². The fraction of sp³-hybridized carbons (Fsp3) is 0.294. The van der Waals surface area contributed by atoms with Crippen molar-refractivity contribution in [3.8, 4) is 5.82 Å². The first kappa shape index (κ1) is 16.9. The first-order valence-electron chi connectivity index (χ1n) is 8.57. The van der Waals surface area contributed by atoms with Crippen molar-refractivity contribution in [2.24, 2.45) is 5.92 Å². The maximum absolute atomic E-state index is 12.2. The third-order valence-electron chi connectivity index (χ3n) is 4.36. The van der Waals surface area contributed by atoms with Crippen molar-refractivity contribution in [2.75, 3.05) is 24.5 Å². The zero-order valence-corrected chi connectivity index (χ0v) is 14.5. The minimum absolute atomic E-state index is 0.0309. The van der Waals surface area contributed by atoms with Gasteiger partial charge < -0.3 is 10.2 Å². The molecule has 0 unspecified atom stereocenters. The number of carbonyl (C=O) groups is 1. The van der Waals surface area contributed by atoms with Crippen LogP contribution in [0, 0.1) is 5.92 Å². The Labute approximate surface area is 154 Å². The Balaban J connectivity index is 1.28. The Morgan fingerprint density at radius 3 is 2.74 bits per heavy atom. The minimum atomic E-state index is -0.182. The highest BCUT2D eigenvalue weighted by molar-refractivity contribution is 5.81. The van der Waals surface area contributed by atoms with Crippen LogP contribution >= 0.6 is 0 Å². The molecule has 27 heavy (non-hydrogen) atoms. The van der Waals surface area contributed by atoms with E-state index in [9.17, 15) is 9.59 Å². The molecular weight excluding hydrogens is 348 g/mol. The number of nitrogens with zero attached hydrogens (tertiary/aromatic N) is 7. The Bertz CT molecular complexity index is 978. The summed E-state index contributed by atoms with van der Waals surface area (Å²) in [6.45, 7) is 1.89. The summed E-state index contributed by atoms with van der Waals surface area (Å²) in [6, 6.07) is 6.70. The molecule has 10 nitrogen and oxygen atoms in total. The van der Waals surface area contributed by atoms with Gasteiger partial charge in [0.2, 0.25) is 5.91 Å². The van der Waals surface area contributed by atoms with Crippen molar-refractivity contribution in [1.29, 1.82) is 0 Å². The van der Waals surface area contributed by atoms with Gasteiger partial charge in [0.05, 0.1) is 12.5 Å². The molecule has 0 radical (unpaired) electrons. The van der Waals surface area contributed by atoms with Crippen LogP contribution < -0.4 is 15.8 Å². The molecule has 0 saturated carbocycles. The van der Waals surface area contributed by atoms with Gasteiger partial charge in [0, 0.05) is 50.4 Å². The summed E-state index contributed by atoms with van der Waals surface area (Å²) in [5, 5.41) is 11.0. The molecule has 4 rings (SSSR count). The maximum Gasteiger partial charge on any atom is 0.266 e. The number of anilines is 1. The lowest BCUT2D eigenvalue weighted by atomic mass is 9.99. The molecule has 0 aliphatic carbocycles. The van der Waals surface area contributed by atoms with Crippen molar-refractivity contribution in [3.63, 3.8) is 0 Å². The molecule has 0 aromatic carbocycles. The second kappa shape index (κ2) is 7.36. The van der Waals surface area contributed by atoms with Crippen LogP contribution in [0.25, 0.3) is 5.82 Å². The maximum atomic E-state index is 12.2. The lowest BCUT2D eigenvalue weighted by Crippen LogP contribution is -2.54. The SMILES string of the molecule is O=C(NCCn1ncccc1=O)C1CN(c2cc(-n3cccn3)ncn2)C1. The molecule has 1 amide bonds. The van der Waals surface area contributed by atoms with Crippen LogP contribution in [0.3, 0.4) is 0 Å². The average Bonchev–Trinajstić information content (AvgIpc) is 3.17. The van der Waals surface area contributed by atoms with E-state index in [0.717, 1.165) is 5.82 Å². The molecule has 138 valence electrons. The molecule has 1 aliphatic heterocycles. The summed E-state index contributed by atoms with van der Waals surface area (Å²) in [6.07, 6.45) is 6.53. The third-order valence-corrected chi connectivity index (χ3v) is 4.36. The number of aromatic nitrogens is 6. The highest BCUT2D eigenvalue weighted by Gasteiger charge is 2.33. The zero-order chi connectivity index (χ0) is 18.6. The standard InChI is InChI=1S/C17H18N8O2/c26-16-3-1-4-22-25(16)8-6-18-17(27)13-10-23(11-13)14-9-15(20-12-19-14)24-7-2-5-21-24/h1-5,7,9,12-13H,6,8,10-11H2,(H,18,27). The van der Waals surface area contributed by atoms with Crippen molar-refractivity contribution < 1.29 is 4.79 Å². The van der Waals surface area contributed by atoms with Crippen LogP contribution in [0.2, 0.25) is 0 Å². The third kappa shape index (κ3) is 3.68. The summed E-state index contributed by atoms with van der Waals surface area (Å²) >= 11 is 0. The van der Waals surface area contributed by atoms with E-state index in [1.165, 1.54) is 17.1 Å². The molecule has 4 heterocycles. The number of hydrogen-bond donors (Lipinski definition) is 1. The predicted octanol–water partition coefficient (Wildman–Crippen LogP) is -0.528. The van der Waals surface area contributed by atoms with Gasteiger partial charge in [-0.05, 0) is 12.1 Å². The zero-order valence-electron chi connectivity index (χ0n) is 14.5. The summed E-state index contributed by atoms with van der Waals surface area (Å²) in [7, 11) is 0. The second-order valence-electron chi connectivity index (χ2n) is 6.16. The molecule has 3 aromatic heterocycles. The number of amides is 1. The fourth-order valence-corrected chi connectivity index (χ4v) is 2.86. The van der Waals surface area contributed by atoms with E-state index in [1.807, 2.05) is 23.2 Å². The Kier molecular flexibility index (Phi) is 4.60. The molecule has 1 fully saturated rings. The Morgan fingerprint density at radius 2 is 1.96 bits per heavy atom. The van der Waals surface area contributed by atoms with Crippen LogP contribution in [0.15, 0.2) is 54.0 Å².